The van der Waals surface area contributed by atoms with Crippen LogP contribution in [0, 0.1) is 11.8 Å². The minimum atomic E-state index is 0.328. The molecule has 0 spiro atoms. The molecule has 1 aliphatic carbocycles. The Morgan fingerprint density at radius 1 is 1.00 bits per heavy atom. The number of piperidine rings is 1. The average molecular weight is 266 g/mol. The van der Waals surface area contributed by atoms with Crippen LogP contribution in [0.4, 0.5) is 0 Å². The molecule has 1 saturated carbocycles. The van der Waals surface area contributed by atoms with E-state index in [4.69, 9.17) is 0 Å². The molecule has 1 amide bonds. The van der Waals surface area contributed by atoms with Gasteiger partial charge in [0.2, 0.25) is 5.91 Å². The highest BCUT2D eigenvalue weighted by atomic mass is 16.2. The van der Waals surface area contributed by atoms with E-state index in [1.54, 1.807) is 0 Å². The largest absolute Gasteiger partial charge is 0.342 e. The van der Waals surface area contributed by atoms with Gasteiger partial charge in [-0.3, -0.25) is 9.69 Å². The Morgan fingerprint density at radius 3 is 2.11 bits per heavy atom. The van der Waals surface area contributed by atoms with Crippen LogP contribution in [0.2, 0.25) is 0 Å². The number of amides is 1. The predicted molar refractivity (Wildman–Crippen MR) is 79.0 cm³/mol. The summed E-state index contributed by atoms with van der Waals surface area (Å²) >= 11 is 0. The lowest BCUT2D eigenvalue weighted by Gasteiger charge is -2.36. The second-order valence-electron chi connectivity index (χ2n) is 6.88. The highest BCUT2D eigenvalue weighted by Crippen LogP contribution is 2.26. The second-order valence-corrected chi connectivity index (χ2v) is 6.88. The van der Waals surface area contributed by atoms with E-state index >= 15 is 0 Å². The fraction of sp³-hybridized carbons (Fsp3) is 0.938. The van der Waals surface area contributed by atoms with Crippen molar-refractivity contribution in [2.24, 2.45) is 11.8 Å². The summed E-state index contributed by atoms with van der Waals surface area (Å²) in [6, 6.07) is 0.493. The molecule has 0 N–H and O–H groups in total. The molecule has 2 aliphatic rings. The third-order valence-corrected chi connectivity index (χ3v) is 5.16. The number of hydrogen-bond acceptors (Lipinski definition) is 2. The highest BCUT2D eigenvalue weighted by molar-refractivity contribution is 5.78. The number of nitrogens with zero attached hydrogens (tertiary/aromatic N) is 2. The smallest absolute Gasteiger partial charge is 0.236 e. The van der Waals surface area contributed by atoms with E-state index in [0.29, 0.717) is 18.5 Å². The van der Waals surface area contributed by atoms with Gasteiger partial charge in [-0.1, -0.05) is 13.8 Å². The maximum atomic E-state index is 12.4. The number of hydrogen-bond donors (Lipinski definition) is 0. The first-order valence-corrected chi connectivity index (χ1v) is 8.04. The molecule has 110 valence electrons. The molecule has 0 aromatic heterocycles. The molecule has 2 fully saturated rings. The van der Waals surface area contributed by atoms with Crippen molar-refractivity contribution in [2.45, 2.75) is 58.4 Å². The zero-order valence-corrected chi connectivity index (χ0v) is 12.9. The van der Waals surface area contributed by atoms with E-state index in [9.17, 15) is 4.79 Å². The molecule has 0 unspecified atom stereocenters. The Labute approximate surface area is 118 Å². The first-order valence-electron chi connectivity index (χ1n) is 8.04. The van der Waals surface area contributed by atoms with Gasteiger partial charge >= 0.3 is 0 Å². The van der Waals surface area contributed by atoms with Crippen molar-refractivity contribution in [3.8, 4) is 0 Å². The maximum absolute atomic E-state index is 12.4. The summed E-state index contributed by atoms with van der Waals surface area (Å²) in [4.78, 5) is 16.7. The third kappa shape index (κ3) is 4.20. The Bertz CT molecular complexity index is 289. The van der Waals surface area contributed by atoms with Crippen molar-refractivity contribution in [1.82, 2.24) is 9.80 Å². The summed E-state index contributed by atoms with van der Waals surface area (Å²) < 4.78 is 0. The van der Waals surface area contributed by atoms with Crippen molar-refractivity contribution in [2.75, 3.05) is 26.7 Å². The van der Waals surface area contributed by atoms with Crippen LogP contribution in [0.15, 0.2) is 0 Å². The Hall–Kier alpha value is -0.570. The Balaban J connectivity index is 1.76. The maximum Gasteiger partial charge on any atom is 0.236 e. The molecule has 1 aliphatic heterocycles. The van der Waals surface area contributed by atoms with Gasteiger partial charge in [0.1, 0.15) is 0 Å². The average Bonchev–Trinajstić information content (AvgIpc) is 2.41. The monoisotopic (exact) mass is 266 g/mol. The highest BCUT2D eigenvalue weighted by Gasteiger charge is 2.26. The zero-order valence-electron chi connectivity index (χ0n) is 12.9. The summed E-state index contributed by atoms with van der Waals surface area (Å²) in [6.07, 6.45) is 7.45. The van der Waals surface area contributed by atoms with E-state index in [2.05, 4.69) is 18.7 Å². The van der Waals surface area contributed by atoms with Crippen LogP contribution in [0.3, 0.4) is 0 Å². The van der Waals surface area contributed by atoms with Gasteiger partial charge in [-0.15, -0.1) is 0 Å². The van der Waals surface area contributed by atoms with Crippen LogP contribution in [-0.2, 0) is 4.79 Å². The van der Waals surface area contributed by atoms with Gasteiger partial charge in [0.05, 0.1) is 6.54 Å². The summed E-state index contributed by atoms with van der Waals surface area (Å²) in [6.45, 7) is 7.47. The van der Waals surface area contributed by atoms with Crippen LogP contribution >= 0.6 is 0 Å². The molecule has 0 aromatic carbocycles. The molecule has 19 heavy (non-hydrogen) atoms. The van der Waals surface area contributed by atoms with Gasteiger partial charge in [0, 0.05) is 13.1 Å². The number of likely N-dealkylation sites (N-methyl/N-ethyl adjacent to an activating group) is 1. The molecule has 0 atom stereocenters. The normalized spacial score (nSPS) is 30.3. The Kier molecular flexibility index (Phi) is 5.26. The van der Waals surface area contributed by atoms with E-state index in [-0.39, 0.29) is 0 Å². The Morgan fingerprint density at radius 2 is 1.53 bits per heavy atom. The second kappa shape index (κ2) is 6.74. The van der Waals surface area contributed by atoms with Crippen LogP contribution < -0.4 is 0 Å². The first-order chi connectivity index (χ1) is 9.06. The SMILES string of the molecule is CC1CCC(N(C)C(=O)CN2CCC(C)CC2)CC1. The van der Waals surface area contributed by atoms with Crippen molar-refractivity contribution >= 4 is 5.91 Å². The van der Waals surface area contributed by atoms with Crippen LogP contribution in [0.1, 0.15) is 52.4 Å². The van der Waals surface area contributed by atoms with Crippen LogP contribution in [0.5, 0.6) is 0 Å². The fourth-order valence-electron chi connectivity index (χ4n) is 3.36. The molecule has 3 nitrogen and oxygen atoms in total. The van der Waals surface area contributed by atoms with E-state index < -0.39 is 0 Å². The van der Waals surface area contributed by atoms with Crippen LogP contribution in [-0.4, -0.2) is 48.4 Å². The molecule has 1 saturated heterocycles. The summed E-state index contributed by atoms with van der Waals surface area (Å²) in [5, 5.41) is 0. The van der Waals surface area contributed by atoms with E-state index in [1.807, 2.05) is 11.9 Å². The molecular formula is C16H30N2O. The summed E-state index contributed by atoms with van der Waals surface area (Å²) in [5.41, 5.74) is 0. The van der Waals surface area contributed by atoms with Crippen molar-refractivity contribution in [3.05, 3.63) is 0 Å². The van der Waals surface area contributed by atoms with Gasteiger partial charge in [0.15, 0.2) is 0 Å². The van der Waals surface area contributed by atoms with Crippen molar-refractivity contribution in [1.29, 1.82) is 0 Å². The molecule has 0 bridgehead atoms. The van der Waals surface area contributed by atoms with Gasteiger partial charge in [-0.2, -0.15) is 0 Å². The quantitative estimate of drug-likeness (QED) is 0.784. The molecular weight excluding hydrogens is 236 g/mol. The molecule has 0 aromatic rings. The predicted octanol–water partition coefficient (Wildman–Crippen LogP) is 2.76. The van der Waals surface area contributed by atoms with Gasteiger partial charge in [-0.05, 0) is 63.5 Å². The first kappa shape index (κ1) is 14.8. The number of likely N-dealkylation sites (tertiary alicyclic amines) is 1. The fourth-order valence-corrected chi connectivity index (χ4v) is 3.36. The molecule has 1 heterocycles. The van der Waals surface area contributed by atoms with Crippen molar-refractivity contribution in [3.63, 3.8) is 0 Å². The molecule has 3 heteroatoms. The summed E-state index contributed by atoms with van der Waals surface area (Å²) in [5.74, 6) is 2.02. The number of rotatable bonds is 3. The summed E-state index contributed by atoms with van der Waals surface area (Å²) in [7, 11) is 2.01. The van der Waals surface area contributed by atoms with Gasteiger partial charge in [0.25, 0.3) is 0 Å². The van der Waals surface area contributed by atoms with E-state index in [0.717, 1.165) is 24.9 Å². The molecule has 2 rings (SSSR count). The lowest BCUT2D eigenvalue weighted by Crippen LogP contribution is -2.46. The van der Waals surface area contributed by atoms with Crippen LogP contribution in [0.25, 0.3) is 0 Å². The zero-order chi connectivity index (χ0) is 13.8. The van der Waals surface area contributed by atoms with E-state index in [1.165, 1.54) is 38.5 Å². The van der Waals surface area contributed by atoms with Gasteiger partial charge in [-0.25, -0.2) is 0 Å². The molecule has 0 radical (unpaired) electrons. The minimum Gasteiger partial charge on any atom is -0.342 e. The standard InChI is InChI=1S/C16H30N2O/c1-13-4-6-15(7-5-13)17(3)16(19)12-18-10-8-14(2)9-11-18/h13-15H,4-12H2,1-3H3. The third-order valence-electron chi connectivity index (χ3n) is 5.16. The van der Waals surface area contributed by atoms with Crippen molar-refractivity contribution < 1.29 is 4.79 Å². The number of carbonyl (C=O) groups is 1. The lowest BCUT2D eigenvalue weighted by molar-refractivity contribution is -0.134. The van der Waals surface area contributed by atoms with Gasteiger partial charge < -0.3 is 4.90 Å². The lowest BCUT2D eigenvalue weighted by atomic mass is 9.87. The minimum absolute atomic E-state index is 0.328. The number of carbonyl (C=O) groups excluding carboxylic acids is 1. The topological polar surface area (TPSA) is 23.6 Å².